The molecule has 5 rings (SSSR count). The quantitative estimate of drug-likeness (QED) is 0.361. The van der Waals surface area contributed by atoms with E-state index in [4.69, 9.17) is 4.52 Å². The zero-order valence-corrected chi connectivity index (χ0v) is 20.2. The Morgan fingerprint density at radius 2 is 2.06 bits per heavy atom. The van der Waals surface area contributed by atoms with Crippen LogP contribution in [0.4, 0.5) is 16.2 Å². The standard InChI is InChI=1S/C24H26FN9O2/c1-24(2,12-25)22-30-20(33-36-22)21(35)26-11-16-7-6-15(10-17(16)14-4-5-14)19-27-13-28-23(31-19)29-18-8-9-34(3)32-18/h6-10,13-14H,4-5,11-12H2,1-3H3,(H,26,35)(H,27,28,29,31,32). The number of nitrogens with one attached hydrogen (secondary N) is 2. The van der Waals surface area contributed by atoms with Gasteiger partial charge in [0.25, 0.3) is 11.7 Å². The summed E-state index contributed by atoms with van der Waals surface area (Å²) < 4.78 is 20.0. The Morgan fingerprint density at radius 1 is 1.22 bits per heavy atom. The van der Waals surface area contributed by atoms with Gasteiger partial charge in [0.1, 0.15) is 13.0 Å². The minimum absolute atomic E-state index is 0.0902. The van der Waals surface area contributed by atoms with E-state index in [-0.39, 0.29) is 11.7 Å². The van der Waals surface area contributed by atoms with Crippen LogP contribution in [0.25, 0.3) is 11.4 Å². The highest BCUT2D eigenvalue weighted by molar-refractivity contribution is 5.90. The zero-order valence-electron chi connectivity index (χ0n) is 20.2. The molecule has 4 aromatic rings. The number of halogens is 1. The Hall–Kier alpha value is -4.22. The highest BCUT2D eigenvalue weighted by Crippen LogP contribution is 2.42. The maximum Gasteiger partial charge on any atom is 0.292 e. The number of aryl methyl sites for hydroxylation is 1. The second-order valence-electron chi connectivity index (χ2n) is 9.44. The van der Waals surface area contributed by atoms with Crippen LogP contribution in [0.1, 0.15) is 60.2 Å². The van der Waals surface area contributed by atoms with Crippen molar-refractivity contribution in [1.82, 2.24) is 40.2 Å². The Labute approximate surface area is 206 Å². The van der Waals surface area contributed by atoms with Gasteiger partial charge in [0.2, 0.25) is 11.8 Å². The van der Waals surface area contributed by atoms with Crippen LogP contribution in [0.2, 0.25) is 0 Å². The normalized spacial score (nSPS) is 13.6. The summed E-state index contributed by atoms with van der Waals surface area (Å²) in [5.41, 5.74) is 2.04. The monoisotopic (exact) mass is 491 g/mol. The molecule has 1 amide bonds. The molecule has 1 aromatic carbocycles. The van der Waals surface area contributed by atoms with Crippen molar-refractivity contribution in [3.63, 3.8) is 0 Å². The maximum absolute atomic E-state index is 13.2. The number of hydrogen-bond acceptors (Lipinski definition) is 9. The fraction of sp³-hybridized carbons (Fsp3) is 0.375. The van der Waals surface area contributed by atoms with Crippen molar-refractivity contribution in [2.45, 2.75) is 44.6 Å². The molecular weight excluding hydrogens is 465 g/mol. The lowest BCUT2D eigenvalue weighted by atomic mass is 9.96. The smallest absolute Gasteiger partial charge is 0.292 e. The number of hydrogen-bond donors (Lipinski definition) is 2. The van der Waals surface area contributed by atoms with Crippen molar-refractivity contribution >= 4 is 17.7 Å². The molecule has 1 aliphatic rings. The molecule has 0 aliphatic heterocycles. The predicted molar refractivity (Wildman–Crippen MR) is 128 cm³/mol. The van der Waals surface area contributed by atoms with Crippen molar-refractivity contribution in [2.24, 2.45) is 7.05 Å². The molecule has 0 bridgehead atoms. The van der Waals surface area contributed by atoms with Gasteiger partial charge in [-0.05, 0) is 49.8 Å². The molecule has 0 atom stereocenters. The number of alkyl halides is 1. The third-order valence-corrected chi connectivity index (χ3v) is 5.93. The number of rotatable bonds is 9. The van der Waals surface area contributed by atoms with Gasteiger partial charge in [-0.15, -0.1) is 0 Å². The average molecular weight is 492 g/mol. The molecule has 0 spiro atoms. The van der Waals surface area contributed by atoms with E-state index in [0.29, 0.717) is 30.1 Å². The van der Waals surface area contributed by atoms with Crippen LogP contribution in [0.5, 0.6) is 0 Å². The molecule has 36 heavy (non-hydrogen) atoms. The first kappa shape index (κ1) is 23.5. The summed E-state index contributed by atoms with van der Waals surface area (Å²) in [4.78, 5) is 29.7. The molecule has 3 aromatic heterocycles. The van der Waals surface area contributed by atoms with Gasteiger partial charge in [-0.3, -0.25) is 9.48 Å². The van der Waals surface area contributed by atoms with E-state index in [1.807, 2.05) is 31.4 Å². The zero-order chi connectivity index (χ0) is 25.3. The van der Waals surface area contributed by atoms with E-state index in [0.717, 1.165) is 29.5 Å². The molecule has 11 nitrogen and oxygen atoms in total. The molecule has 186 valence electrons. The van der Waals surface area contributed by atoms with Gasteiger partial charge in [-0.25, -0.2) is 14.4 Å². The van der Waals surface area contributed by atoms with Crippen molar-refractivity contribution in [3.05, 3.63) is 59.6 Å². The van der Waals surface area contributed by atoms with Crippen LogP contribution in [0.3, 0.4) is 0 Å². The largest absolute Gasteiger partial charge is 0.345 e. The van der Waals surface area contributed by atoms with Crippen molar-refractivity contribution in [2.75, 3.05) is 12.0 Å². The van der Waals surface area contributed by atoms with Gasteiger partial charge < -0.3 is 15.2 Å². The summed E-state index contributed by atoms with van der Waals surface area (Å²) in [5.74, 6) is 1.50. The third kappa shape index (κ3) is 5.07. The summed E-state index contributed by atoms with van der Waals surface area (Å²) in [6, 6.07) is 7.78. The Bertz CT molecular complexity index is 1390. The fourth-order valence-corrected chi connectivity index (χ4v) is 3.66. The Morgan fingerprint density at radius 3 is 2.78 bits per heavy atom. The topological polar surface area (TPSA) is 137 Å². The lowest BCUT2D eigenvalue weighted by Crippen LogP contribution is -2.25. The lowest BCUT2D eigenvalue weighted by Gasteiger charge is -2.13. The second kappa shape index (κ2) is 9.44. The van der Waals surface area contributed by atoms with E-state index >= 15 is 0 Å². The van der Waals surface area contributed by atoms with Gasteiger partial charge in [0.15, 0.2) is 11.6 Å². The maximum atomic E-state index is 13.2. The molecule has 0 saturated heterocycles. The highest BCUT2D eigenvalue weighted by atomic mass is 19.1. The van der Waals surface area contributed by atoms with Gasteiger partial charge in [-0.2, -0.15) is 15.1 Å². The van der Waals surface area contributed by atoms with Gasteiger partial charge in [0, 0.05) is 31.4 Å². The minimum atomic E-state index is -0.942. The Balaban J connectivity index is 1.31. The molecule has 1 fully saturated rings. The molecule has 0 radical (unpaired) electrons. The fourth-order valence-electron chi connectivity index (χ4n) is 3.66. The van der Waals surface area contributed by atoms with E-state index in [1.54, 1.807) is 18.5 Å². The first-order valence-corrected chi connectivity index (χ1v) is 11.6. The summed E-state index contributed by atoms with van der Waals surface area (Å²) >= 11 is 0. The van der Waals surface area contributed by atoms with Crippen molar-refractivity contribution in [3.8, 4) is 11.4 Å². The number of amides is 1. The molecule has 0 unspecified atom stereocenters. The molecule has 1 aliphatic carbocycles. The number of anilines is 2. The number of nitrogens with zero attached hydrogens (tertiary/aromatic N) is 7. The highest BCUT2D eigenvalue weighted by Gasteiger charge is 2.30. The summed E-state index contributed by atoms with van der Waals surface area (Å²) in [7, 11) is 1.83. The first-order chi connectivity index (χ1) is 17.3. The van der Waals surface area contributed by atoms with Crippen LogP contribution < -0.4 is 10.6 Å². The third-order valence-electron chi connectivity index (χ3n) is 5.93. The second-order valence-corrected chi connectivity index (χ2v) is 9.44. The van der Waals surface area contributed by atoms with Gasteiger partial charge in [-0.1, -0.05) is 17.3 Å². The van der Waals surface area contributed by atoms with Crippen LogP contribution in [0, 0.1) is 0 Å². The molecule has 2 N–H and O–H groups in total. The predicted octanol–water partition coefficient (Wildman–Crippen LogP) is 3.45. The number of carbonyl (C=O) groups is 1. The first-order valence-electron chi connectivity index (χ1n) is 11.6. The molecular formula is C24H26FN9O2. The average Bonchev–Trinajstić information content (AvgIpc) is 3.45. The molecule has 1 saturated carbocycles. The van der Waals surface area contributed by atoms with Crippen LogP contribution >= 0.6 is 0 Å². The van der Waals surface area contributed by atoms with Gasteiger partial charge in [0.05, 0.1) is 5.41 Å². The van der Waals surface area contributed by atoms with Crippen molar-refractivity contribution < 1.29 is 13.7 Å². The molecule has 12 heteroatoms. The van der Waals surface area contributed by atoms with E-state index < -0.39 is 18.0 Å². The van der Waals surface area contributed by atoms with Crippen molar-refractivity contribution in [1.29, 1.82) is 0 Å². The number of carbonyl (C=O) groups excluding carboxylic acids is 1. The summed E-state index contributed by atoms with van der Waals surface area (Å²) in [6.45, 7) is 2.89. The summed E-state index contributed by atoms with van der Waals surface area (Å²) in [6.07, 6.45) is 5.45. The van der Waals surface area contributed by atoms with Gasteiger partial charge >= 0.3 is 0 Å². The minimum Gasteiger partial charge on any atom is -0.345 e. The summed E-state index contributed by atoms with van der Waals surface area (Å²) in [5, 5.41) is 13.9. The Kier molecular flexibility index (Phi) is 6.17. The van der Waals surface area contributed by atoms with E-state index in [9.17, 15) is 9.18 Å². The van der Waals surface area contributed by atoms with E-state index in [1.165, 1.54) is 6.33 Å². The van der Waals surface area contributed by atoms with Crippen LogP contribution in [0.15, 0.2) is 41.3 Å². The SMILES string of the molecule is Cn1ccc(Nc2ncnc(-c3ccc(CNC(=O)c4noc(C(C)(C)CF)n4)c(C4CC4)c3)n2)n1. The number of benzene rings is 1. The molecule has 3 heterocycles. The van der Waals surface area contributed by atoms with E-state index in [2.05, 4.69) is 46.9 Å². The lowest BCUT2D eigenvalue weighted by molar-refractivity contribution is 0.0937. The number of aromatic nitrogens is 7. The van der Waals surface area contributed by atoms with Crippen LogP contribution in [-0.4, -0.2) is 47.5 Å². The van der Waals surface area contributed by atoms with Crippen LogP contribution in [-0.2, 0) is 19.0 Å².